The van der Waals surface area contributed by atoms with Gasteiger partial charge in [0, 0.05) is 0 Å². The first-order chi connectivity index (χ1) is 9.60. The van der Waals surface area contributed by atoms with Gasteiger partial charge in [0.15, 0.2) is 5.13 Å². The summed E-state index contributed by atoms with van der Waals surface area (Å²) in [4.78, 5) is 16.7. The Labute approximate surface area is 119 Å². The quantitative estimate of drug-likeness (QED) is 0.735. The number of amides is 1. The number of anilines is 1. The van der Waals surface area contributed by atoms with E-state index in [1.165, 1.54) is 23.6 Å². The number of hydrogen-bond acceptors (Lipinski definition) is 5. The van der Waals surface area contributed by atoms with Crippen molar-refractivity contribution < 1.29 is 15.0 Å². The highest BCUT2D eigenvalue weighted by atomic mass is 32.1. The number of thiazole rings is 1. The number of aryl methyl sites for hydroxylation is 1. The standard InChI is InChI=1S/C14H12N2O3S/c1-9-4-5-12(18)11(7-9)13(19)16-14-15-8-10(20-14)3-2-6-17/h4-5,7-8,17-18H,6H2,1H3,(H,15,16,19). The summed E-state index contributed by atoms with van der Waals surface area (Å²) in [5, 5.41) is 21.3. The van der Waals surface area contributed by atoms with Crippen molar-refractivity contribution in [3.05, 3.63) is 40.4 Å². The highest BCUT2D eigenvalue weighted by molar-refractivity contribution is 7.16. The van der Waals surface area contributed by atoms with E-state index in [-0.39, 0.29) is 17.9 Å². The largest absolute Gasteiger partial charge is 0.507 e. The monoisotopic (exact) mass is 288 g/mol. The number of nitrogens with one attached hydrogen (secondary N) is 1. The van der Waals surface area contributed by atoms with Gasteiger partial charge in [-0.05, 0) is 19.1 Å². The van der Waals surface area contributed by atoms with E-state index in [0.717, 1.165) is 5.56 Å². The summed E-state index contributed by atoms with van der Waals surface area (Å²) in [6, 6.07) is 4.80. The zero-order valence-electron chi connectivity index (χ0n) is 10.7. The number of carbonyl (C=O) groups excluding carboxylic acids is 1. The predicted octanol–water partition coefficient (Wildman–Crippen LogP) is 1.75. The molecule has 0 aliphatic heterocycles. The van der Waals surface area contributed by atoms with Crippen LogP contribution in [0, 0.1) is 18.8 Å². The van der Waals surface area contributed by atoms with E-state index < -0.39 is 5.91 Å². The van der Waals surface area contributed by atoms with Gasteiger partial charge in [0.05, 0.1) is 16.6 Å². The zero-order valence-corrected chi connectivity index (χ0v) is 11.5. The number of rotatable bonds is 2. The first-order valence-corrected chi connectivity index (χ1v) is 6.58. The van der Waals surface area contributed by atoms with Crippen LogP contribution in [0.2, 0.25) is 0 Å². The smallest absolute Gasteiger partial charge is 0.261 e. The van der Waals surface area contributed by atoms with Gasteiger partial charge in [-0.3, -0.25) is 10.1 Å². The molecule has 5 nitrogen and oxygen atoms in total. The third kappa shape index (κ3) is 3.35. The summed E-state index contributed by atoms with van der Waals surface area (Å²) in [7, 11) is 0. The van der Waals surface area contributed by atoms with Crippen LogP contribution in [0.4, 0.5) is 5.13 Å². The van der Waals surface area contributed by atoms with Crippen molar-refractivity contribution in [2.75, 3.05) is 11.9 Å². The molecule has 0 fully saturated rings. The number of phenolic OH excluding ortho intramolecular Hbond substituents is 1. The second-order valence-electron chi connectivity index (χ2n) is 3.96. The predicted molar refractivity (Wildman–Crippen MR) is 76.9 cm³/mol. The van der Waals surface area contributed by atoms with Gasteiger partial charge >= 0.3 is 0 Å². The molecule has 0 bridgehead atoms. The summed E-state index contributed by atoms with van der Waals surface area (Å²) in [6.07, 6.45) is 1.51. The lowest BCUT2D eigenvalue weighted by atomic mass is 10.1. The van der Waals surface area contributed by atoms with Crippen LogP contribution in [0.25, 0.3) is 0 Å². The van der Waals surface area contributed by atoms with Crippen molar-refractivity contribution >= 4 is 22.4 Å². The van der Waals surface area contributed by atoms with Crippen LogP contribution >= 0.6 is 11.3 Å². The minimum absolute atomic E-state index is 0.0787. The summed E-state index contributed by atoms with van der Waals surface area (Å²) in [5.74, 6) is 4.70. The molecule has 20 heavy (non-hydrogen) atoms. The van der Waals surface area contributed by atoms with Gasteiger partial charge in [-0.2, -0.15) is 0 Å². The Kier molecular flexibility index (Phi) is 4.35. The topological polar surface area (TPSA) is 82.5 Å². The summed E-state index contributed by atoms with van der Waals surface area (Å²) in [6.45, 7) is 1.61. The van der Waals surface area contributed by atoms with Gasteiger partial charge in [-0.25, -0.2) is 4.98 Å². The summed E-state index contributed by atoms with van der Waals surface area (Å²) in [5.41, 5.74) is 1.07. The fourth-order valence-electron chi connectivity index (χ4n) is 1.51. The SMILES string of the molecule is Cc1ccc(O)c(C(=O)Nc2ncc(C#CCO)s2)c1. The number of aromatic hydroxyl groups is 1. The average Bonchev–Trinajstić information content (AvgIpc) is 2.86. The Hall–Kier alpha value is -2.36. The van der Waals surface area contributed by atoms with E-state index in [0.29, 0.717) is 10.0 Å². The van der Waals surface area contributed by atoms with Gasteiger partial charge in [0.1, 0.15) is 12.4 Å². The highest BCUT2D eigenvalue weighted by Gasteiger charge is 2.13. The summed E-state index contributed by atoms with van der Waals surface area (Å²) < 4.78 is 0. The van der Waals surface area contributed by atoms with Crippen LogP contribution in [0.5, 0.6) is 5.75 Å². The third-order valence-corrected chi connectivity index (χ3v) is 3.24. The fourth-order valence-corrected chi connectivity index (χ4v) is 2.20. The van der Waals surface area contributed by atoms with Crippen LogP contribution in [-0.2, 0) is 0 Å². The molecule has 6 heteroatoms. The summed E-state index contributed by atoms with van der Waals surface area (Å²) >= 11 is 1.20. The molecule has 1 heterocycles. The Morgan fingerprint density at radius 3 is 3.05 bits per heavy atom. The number of carbonyl (C=O) groups is 1. The average molecular weight is 288 g/mol. The van der Waals surface area contributed by atoms with Gasteiger partial charge in [-0.1, -0.05) is 34.8 Å². The van der Waals surface area contributed by atoms with Gasteiger partial charge in [0.25, 0.3) is 5.91 Å². The van der Waals surface area contributed by atoms with E-state index >= 15 is 0 Å². The lowest BCUT2D eigenvalue weighted by Crippen LogP contribution is -2.12. The van der Waals surface area contributed by atoms with E-state index in [2.05, 4.69) is 22.1 Å². The molecule has 0 atom stereocenters. The second-order valence-corrected chi connectivity index (χ2v) is 4.99. The number of benzene rings is 1. The number of aliphatic hydroxyl groups is 1. The molecule has 2 aromatic rings. The molecule has 0 spiro atoms. The molecule has 1 aromatic heterocycles. The Bertz CT molecular complexity index is 698. The lowest BCUT2D eigenvalue weighted by molar-refractivity contribution is 0.102. The molecule has 0 radical (unpaired) electrons. The van der Waals surface area contributed by atoms with Crippen molar-refractivity contribution in [1.82, 2.24) is 4.98 Å². The van der Waals surface area contributed by atoms with Crippen LogP contribution in [0.3, 0.4) is 0 Å². The molecular weight excluding hydrogens is 276 g/mol. The van der Waals surface area contributed by atoms with Crippen molar-refractivity contribution in [1.29, 1.82) is 0 Å². The molecule has 0 aliphatic rings. The molecule has 0 aliphatic carbocycles. The van der Waals surface area contributed by atoms with E-state index in [1.54, 1.807) is 12.1 Å². The van der Waals surface area contributed by atoms with Gasteiger partial charge < -0.3 is 10.2 Å². The minimum Gasteiger partial charge on any atom is -0.507 e. The Balaban J connectivity index is 2.15. The molecule has 0 saturated carbocycles. The molecule has 2 rings (SSSR count). The van der Waals surface area contributed by atoms with Crippen molar-refractivity contribution in [2.24, 2.45) is 0 Å². The molecular formula is C14H12N2O3S. The molecule has 102 valence electrons. The van der Waals surface area contributed by atoms with E-state index in [4.69, 9.17) is 5.11 Å². The van der Waals surface area contributed by atoms with Crippen molar-refractivity contribution in [2.45, 2.75) is 6.92 Å². The second kappa shape index (κ2) is 6.19. The number of nitrogens with zero attached hydrogens (tertiary/aromatic N) is 1. The van der Waals surface area contributed by atoms with E-state index in [1.807, 2.05) is 6.92 Å². The first-order valence-electron chi connectivity index (χ1n) is 5.76. The van der Waals surface area contributed by atoms with Crippen molar-refractivity contribution in [3.8, 4) is 17.6 Å². The maximum absolute atomic E-state index is 12.0. The maximum Gasteiger partial charge on any atom is 0.261 e. The van der Waals surface area contributed by atoms with Gasteiger partial charge in [0.2, 0.25) is 0 Å². The Morgan fingerprint density at radius 2 is 2.30 bits per heavy atom. The zero-order chi connectivity index (χ0) is 14.5. The lowest BCUT2D eigenvalue weighted by Gasteiger charge is -2.05. The fraction of sp³-hybridized carbons (Fsp3) is 0.143. The van der Waals surface area contributed by atoms with Crippen LogP contribution in [-0.4, -0.2) is 27.7 Å². The molecule has 0 unspecified atom stereocenters. The number of aromatic nitrogens is 1. The third-order valence-electron chi connectivity index (χ3n) is 2.41. The molecule has 3 N–H and O–H groups in total. The number of hydrogen-bond donors (Lipinski definition) is 3. The van der Waals surface area contributed by atoms with Crippen molar-refractivity contribution in [3.63, 3.8) is 0 Å². The van der Waals surface area contributed by atoms with Crippen LogP contribution in [0.1, 0.15) is 20.8 Å². The van der Waals surface area contributed by atoms with Gasteiger partial charge in [-0.15, -0.1) is 0 Å². The highest BCUT2D eigenvalue weighted by Crippen LogP contribution is 2.22. The molecule has 0 saturated heterocycles. The van der Waals surface area contributed by atoms with Crippen LogP contribution in [0.15, 0.2) is 24.4 Å². The number of aliphatic hydroxyl groups excluding tert-OH is 1. The maximum atomic E-state index is 12.0. The van der Waals surface area contributed by atoms with Crippen LogP contribution < -0.4 is 5.32 Å². The first kappa shape index (κ1) is 14.1. The normalized spacial score (nSPS) is 9.70. The molecule has 1 aromatic carbocycles. The molecule has 1 amide bonds. The Morgan fingerprint density at radius 1 is 1.50 bits per heavy atom. The number of phenols is 1. The van der Waals surface area contributed by atoms with E-state index in [9.17, 15) is 9.90 Å². The minimum atomic E-state index is -0.429.